The standard InChI is InChI=1S/C14H20ClF3N2/c1-19-13(11-5-3-4-6-12(11)15)7-9-20(2)10-8-14(16,17)18/h3-6,13,19H,7-10H2,1-2H3. The maximum atomic E-state index is 12.1. The summed E-state index contributed by atoms with van der Waals surface area (Å²) in [6.07, 6.45) is -4.17. The van der Waals surface area contributed by atoms with E-state index in [0.29, 0.717) is 18.0 Å². The molecule has 0 bridgehead atoms. The highest BCUT2D eigenvalue weighted by Gasteiger charge is 2.27. The molecule has 114 valence electrons. The normalized spacial score (nSPS) is 13.8. The molecule has 0 fully saturated rings. The summed E-state index contributed by atoms with van der Waals surface area (Å²) in [5, 5.41) is 3.82. The van der Waals surface area contributed by atoms with Crippen LogP contribution >= 0.6 is 11.6 Å². The first-order valence-electron chi connectivity index (χ1n) is 6.50. The molecule has 1 atom stereocenters. The first-order valence-corrected chi connectivity index (χ1v) is 6.88. The third-order valence-corrected chi connectivity index (χ3v) is 3.55. The van der Waals surface area contributed by atoms with Gasteiger partial charge in [0.25, 0.3) is 0 Å². The van der Waals surface area contributed by atoms with Crippen LogP contribution in [0.1, 0.15) is 24.4 Å². The number of hydrogen-bond donors (Lipinski definition) is 1. The highest BCUT2D eigenvalue weighted by Crippen LogP contribution is 2.25. The van der Waals surface area contributed by atoms with Crippen molar-refractivity contribution >= 4 is 11.6 Å². The zero-order valence-corrected chi connectivity index (χ0v) is 12.4. The zero-order valence-electron chi connectivity index (χ0n) is 11.7. The summed E-state index contributed by atoms with van der Waals surface area (Å²) >= 11 is 6.13. The molecule has 0 radical (unpaired) electrons. The second kappa shape index (κ2) is 7.86. The Kier molecular flexibility index (Phi) is 6.79. The molecule has 0 saturated carbocycles. The zero-order chi connectivity index (χ0) is 15.2. The van der Waals surface area contributed by atoms with Gasteiger partial charge in [-0.05, 0) is 38.7 Å². The van der Waals surface area contributed by atoms with Crippen molar-refractivity contribution in [2.24, 2.45) is 0 Å². The minimum atomic E-state index is -4.10. The molecule has 1 aromatic rings. The van der Waals surface area contributed by atoms with Gasteiger partial charge in [-0.2, -0.15) is 13.2 Å². The van der Waals surface area contributed by atoms with Crippen molar-refractivity contribution < 1.29 is 13.2 Å². The van der Waals surface area contributed by atoms with E-state index in [1.165, 1.54) is 0 Å². The van der Waals surface area contributed by atoms with Crippen molar-refractivity contribution in [1.82, 2.24) is 10.2 Å². The van der Waals surface area contributed by atoms with Crippen LogP contribution in [0.2, 0.25) is 5.02 Å². The Morgan fingerprint density at radius 3 is 2.45 bits per heavy atom. The molecule has 1 aromatic carbocycles. The minimum absolute atomic E-state index is 0.0163. The van der Waals surface area contributed by atoms with Gasteiger partial charge in [-0.15, -0.1) is 0 Å². The predicted molar refractivity (Wildman–Crippen MR) is 76.0 cm³/mol. The van der Waals surface area contributed by atoms with E-state index in [9.17, 15) is 13.2 Å². The van der Waals surface area contributed by atoms with E-state index in [0.717, 1.165) is 5.56 Å². The number of alkyl halides is 3. The van der Waals surface area contributed by atoms with Crippen molar-refractivity contribution in [1.29, 1.82) is 0 Å². The van der Waals surface area contributed by atoms with Crippen molar-refractivity contribution in [2.45, 2.75) is 25.1 Å². The highest BCUT2D eigenvalue weighted by molar-refractivity contribution is 6.31. The monoisotopic (exact) mass is 308 g/mol. The number of nitrogens with zero attached hydrogens (tertiary/aromatic N) is 1. The minimum Gasteiger partial charge on any atom is -0.313 e. The van der Waals surface area contributed by atoms with Gasteiger partial charge in [0.2, 0.25) is 0 Å². The van der Waals surface area contributed by atoms with Crippen LogP contribution < -0.4 is 5.32 Å². The summed E-state index contributed by atoms with van der Waals surface area (Å²) in [5.41, 5.74) is 0.973. The lowest BCUT2D eigenvalue weighted by Crippen LogP contribution is -2.28. The Hall–Kier alpha value is -0.780. The van der Waals surface area contributed by atoms with E-state index >= 15 is 0 Å². The van der Waals surface area contributed by atoms with Crippen LogP contribution in [0.5, 0.6) is 0 Å². The number of rotatable bonds is 7. The summed E-state index contributed by atoms with van der Waals surface area (Å²) in [6, 6.07) is 7.54. The largest absolute Gasteiger partial charge is 0.390 e. The number of nitrogens with one attached hydrogen (secondary N) is 1. The second-order valence-electron chi connectivity index (χ2n) is 4.82. The van der Waals surface area contributed by atoms with Gasteiger partial charge in [-0.1, -0.05) is 29.8 Å². The van der Waals surface area contributed by atoms with Gasteiger partial charge in [0, 0.05) is 17.6 Å². The van der Waals surface area contributed by atoms with E-state index in [1.807, 2.05) is 31.3 Å². The third-order valence-electron chi connectivity index (χ3n) is 3.21. The van der Waals surface area contributed by atoms with Gasteiger partial charge in [-0.3, -0.25) is 0 Å². The molecule has 6 heteroatoms. The fourth-order valence-corrected chi connectivity index (χ4v) is 2.26. The summed E-state index contributed by atoms with van der Waals surface area (Å²) in [4.78, 5) is 1.69. The van der Waals surface area contributed by atoms with Crippen LogP contribution in [0.25, 0.3) is 0 Å². The molecule has 0 saturated heterocycles. The Bertz CT molecular complexity index is 410. The van der Waals surface area contributed by atoms with Crippen molar-refractivity contribution in [3.8, 4) is 0 Å². The third kappa shape index (κ3) is 6.11. The van der Waals surface area contributed by atoms with Crippen LogP contribution in [0.4, 0.5) is 13.2 Å². The second-order valence-corrected chi connectivity index (χ2v) is 5.23. The molecule has 2 nitrogen and oxygen atoms in total. The molecule has 0 spiro atoms. The molecule has 1 rings (SSSR count). The molecule has 0 aliphatic heterocycles. The molecule has 20 heavy (non-hydrogen) atoms. The lowest BCUT2D eigenvalue weighted by atomic mass is 10.0. The number of benzene rings is 1. The van der Waals surface area contributed by atoms with E-state index in [1.54, 1.807) is 11.9 Å². The summed E-state index contributed by atoms with van der Waals surface area (Å²) in [5.74, 6) is 0. The van der Waals surface area contributed by atoms with Crippen molar-refractivity contribution in [3.05, 3.63) is 34.9 Å². The van der Waals surface area contributed by atoms with Gasteiger partial charge >= 0.3 is 6.18 Å². The summed E-state index contributed by atoms with van der Waals surface area (Å²) in [7, 11) is 3.52. The first kappa shape index (κ1) is 17.3. The van der Waals surface area contributed by atoms with Gasteiger partial charge in [0.1, 0.15) is 0 Å². The molecular formula is C14H20ClF3N2. The van der Waals surface area contributed by atoms with Gasteiger partial charge in [0.05, 0.1) is 6.42 Å². The fraction of sp³-hybridized carbons (Fsp3) is 0.571. The van der Waals surface area contributed by atoms with E-state index in [4.69, 9.17) is 11.6 Å². The number of hydrogen-bond acceptors (Lipinski definition) is 2. The maximum absolute atomic E-state index is 12.1. The van der Waals surface area contributed by atoms with Crippen molar-refractivity contribution in [2.75, 3.05) is 27.2 Å². The van der Waals surface area contributed by atoms with Gasteiger partial charge in [-0.25, -0.2) is 0 Å². The van der Waals surface area contributed by atoms with E-state index in [2.05, 4.69) is 5.32 Å². The molecular weight excluding hydrogens is 289 g/mol. The molecule has 0 amide bonds. The molecule has 0 aromatic heterocycles. The van der Waals surface area contributed by atoms with E-state index in [-0.39, 0.29) is 12.6 Å². The predicted octanol–water partition coefficient (Wildman–Crippen LogP) is 3.87. The van der Waals surface area contributed by atoms with Crippen LogP contribution in [0, 0.1) is 0 Å². The van der Waals surface area contributed by atoms with E-state index < -0.39 is 12.6 Å². The maximum Gasteiger partial charge on any atom is 0.390 e. The molecule has 0 heterocycles. The average Bonchev–Trinajstić information content (AvgIpc) is 2.38. The molecule has 1 N–H and O–H groups in total. The SMILES string of the molecule is CNC(CCN(C)CCC(F)(F)F)c1ccccc1Cl. The molecule has 1 unspecified atom stereocenters. The average molecular weight is 309 g/mol. The van der Waals surface area contributed by atoms with Crippen LogP contribution in [-0.2, 0) is 0 Å². The smallest absolute Gasteiger partial charge is 0.313 e. The van der Waals surface area contributed by atoms with Crippen LogP contribution in [0.15, 0.2) is 24.3 Å². The molecule has 0 aliphatic rings. The van der Waals surface area contributed by atoms with Crippen molar-refractivity contribution in [3.63, 3.8) is 0 Å². The molecule has 0 aliphatic carbocycles. The highest BCUT2D eigenvalue weighted by atomic mass is 35.5. The fourth-order valence-electron chi connectivity index (χ4n) is 1.99. The lowest BCUT2D eigenvalue weighted by Gasteiger charge is -2.22. The Morgan fingerprint density at radius 1 is 1.25 bits per heavy atom. The van der Waals surface area contributed by atoms with Gasteiger partial charge < -0.3 is 10.2 Å². The Morgan fingerprint density at radius 2 is 1.90 bits per heavy atom. The topological polar surface area (TPSA) is 15.3 Å². The van der Waals surface area contributed by atoms with Gasteiger partial charge in [0.15, 0.2) is 0 Å². The van der Waals surface area contributed by atoms with Crippen LogP contribution in [0.3, 0.4) is 0 Å². The Labute approximate surface area is 122 Å². The quantitative estimate of drug-likeness (QED) is 0.822. The summed E-state index contributed by atoms with van der Waals surface area (Å²) in [6.45, 7) is 0.593. The summed E-state index contributed by atoms with van der Waals surface area (Å²) < 4.78 is 36.4. The Balaban J connectivity index is 2.48. The van der Waals surface area contributed by atoms with Crippen LogP contribution in [-0.4, -0.2) is 38.3 Å². The number of halogens is 4. The first-order chi connectivity index (χ1) is 9.33. The lowest BCUT2D eigenvalue weighted by molar-refractivity contribution is -0.137.